The summed E-state index contributed by atoms with van der Waals surface area (Å²) in [5.41, 5.74) is 0.622. The molecule has 0 bridgehead atoms. The number of ether oxygens (including phenoxy) is 2. The van der Waals surface area contributed by atoms with Crippen LogP contribution in [0, 0.1) is 0 Å². The molecular formula is C15H22N2O3. The molecule has 1 amide bonds. The van der Waals surface area contributed by atoms with Gasteiger partial charge in [-0.05, 0) is 38.6 Å². The number of anilines is 1. The summed E-state index contributed by atoms with van der Waals surface area (Å²) in [6, 6.07) is 7.60. The molecule has 0 spiro atoms. The molecule has 1 fully saturated rings. The van der Waals surface area contributed by atoms with Gasteiger partial charge in [0.15, 0.2) is 0 Å². The Morgan fingerprint density at radius 1 is 1.40 bits per heavy atom. The third-order valence-corrected chi connectivity index (χ3v) is 3.67. The van der Waals surface area contributed by atoms with Gasteiger partial charge in [-0.15, -0.1) is 0 Å². The summed E-state index contributed by atoms with van der Waals surface area (Å²) >= 11 is 0. The summed E-state index contributed by atoms with van der Waals surface area (Å²) in [5.74, 6) is 0.624. The lowest BCUT2D eigenvalue weighted by Crippen LogP contribution is -2.40. The molecule has 0 aliphatic carbocycles. The number of likely N-dealkylation sites (tertiary alicyclic amines) is 1. The van der Waals surface area contributed by atoms with Gasteiger partial charge >= 0.3 is 6.09 Å². The van der Waals surface area contributed by atoms with Crippen molar-refractivity contribution in [3.63, 3.8) is 0 Å². The summed E-state index contributed by atoms with van der Waals surface area (Å²) in [5, 5.41) is 2.71. The van der Waals surface area contributed by atoms with E-state index >= 15 is 0 Å². The number of para-hydroxylation sites is 2. The van der Waals surface area contributed by atoms with E-state index in [9.17, 15) is 4.79 Å². The number of piperidine rings is 1. The highest BCUT2D eigenvalue weighted by atomic mass is 16.5. The second-order valence-corrected chi connectivity index (χ2v) is 5.05. The molecule has 2 rings (SSSR count). The second-order valence-electron chi connectivity index (χ2n) is 5.05. The maximum absolute atomic E-state index is 11.8. The summed E-state index contributed by atoms with van der Waals surface area (Å²) in [7, 11) is 3.65. The molecule has 0 unspecified atom stereocenters. The fourth-order valence-corrected chi connectivity index (χ4v) is 2.42. The van der Waals surface area contributed by atoms with E-state index < -0.39 is 6.09 Å². The molecule has 1 atom stereocenters. The Balaban J connectivity index is 1.83. The molecule has 5 nitrogen and oxygen atoms in total. The summed E-state index contributed by atoms with van der Waals surface area (Å²) in [6.07, 6.45) is 3.07. The van der Waals surface area contributed by atoms with Crippen molar-refractivity contribution in [2.24, 2.45) is 0 Å². The molecule has 110 valence electrons. The van der Waals surface area contributed by atoms with Gasteiger partial charge in [-0.25, -0.2) is 4.79 Å². The monoisotopic (exact) mass is 278 g/mol. The molecule has 1 aliphatic heterocycles. The van der Waals surface area contributed by atoms with E-state index in [2.05, 4.69) is 17.3 Å². The third kappa shape index (κ3) is 3.87. The first kappa shape index (κ1) is 14.7. The predicted molar refractivity (Wildman–Crippen MR) is 78.2 cm³/mol. The standard InChI is InChI=1S/C15H22N2O3/c1-17-10-6-5-7-12(17)11-20-15(18)16-13-8-3-4-9-14(13)19-2/h3-4,8-9,12H,5-7,10-11H2,1-2H3,(H,16,18)/t12-/m0/s1. The predicted octanol–water partition coefficient (Wildman–Crippen LogP) is 2.73. The highest BCUT2D eigenvalue weighted by molar-refractivity contribution is 5.86. The molecular weight excluding hydrogens is 256 g/mol. The van der Waals surface area contributed by atoms with Crippen LogP contribution in [0.25, 0.3) is 0 Å². The van der Waals surface area contributed by atoms with Gasteiger partial charge in [0, 0.05) is 6.04 Å². The number of rotatable bonds is 4. The van der Waals surface area contributed by atoms with Crippen molar-refractivity contribution in [2.75, 3.05) is 32.6 Å². The minimum atomic E-state index is -0.437. The van der Waals surface area contributed by atoms with Gasteiger partial charge in [0.1, 0.15) is 12.4 Å². The largest absolute Gasteiger partial charge is 0.495 e. The number of nitrogens with one attached hydrogen (secondary N) is 1. The smallest absolute Gasteiger partial charge is 0.411 e. The highest BCUT2D eigenvalue weighted by Gasteiger charge is 2.20. The van der Waals surface area contributed by atoms with Gasteiger partial charge in [-0.2, -0.15) is 0 Å². The van der Waals surface area contributed by atoms with Gasteiger partial charge in [0.05, 0.1) is 12.8 Å². The molecule has 1 N–H and O–H groups in total. The maximum atomic E-state index is 11.8. The SMILES string of the molecule is COc1ccccc1NC(=O)OC[C@@H]1CCCCN1C. The minimum Gasteiger partial charge on any atom is -0.495 e. The number of nitrogens with zero attached hydrogens (tertiary/aromatic N) is 1. The summed E-state index contributed by atoms with van der Waals surface area (Å²) < 4.78 is 10.5. The zero-order valence-electron chi connectivity index (χ0n) is 12.1. The van der Waals surface area contributed by atoms with Gasteiger partial charge in [0.25, 0.3) is 0 Å². The first-order chi connectivity index (χ1) is 9.70. The van der Waals surface area contributed by atoms with Crippen LogP contribution in [0.3, 0.4) is 0 Å². The zero-order valence-corrected chi connectivity index (χ0v) is 12.1. The van der Waals surface area contributed by atoms with Crippen LogP contribution in [0.5, 0.6) is 5.75 Å². The molecule has 1 aromatic rings. The molecule has 0 radical (unpaired) electrons. The topological polar surface area (TPSA) is 50.8 Å². The Hall–Kier alpha value is -1.75. The Labute approximate surface area is 119 Å². The molecule has 5 heteroatoms. The van der Waals surface area contributed by atoms with Gasteiger partial charge in [-0.1, -0.05) is 18.6 Å². The van der Waals surface area contributed by atoms with Crippen LogP contribution < -0.4 is 10.1 Å². The lowest BCUT2D eigenvalue weighted by atomic mass is 10.0. The van der Waals surface area contributed by atoms with Crippen molar-refractivity contribution in [1.29, 1.82) is 0 Å². The first-order valence-electron chi connectivity index (χ1n) is 6.97. The normalized spacial score (nSPS) is 19.4. The molecule has 1 aromatic carbocycles. The Morgan fingerprint density at radius 2 is 2.20 bits per heavy atom. The fourth-order valence-electron chi connectivity index (χ4n) is 2.42. The van der Waals surface area contributed by atoms with Crippen LogP contribution in [-0.2, 0) is 4.74 Å². The average Bonchev–Trinajstić information content (AvgIpc) is 2.47. The van der Waals surface area contributed by atoms with Crippen molar-refractivity contribution < 1.29 is 14.3 Å². The van der Waals surface area contributed by atoms with E-state index in [1.807, 2.05) is 12.1 Å². The van der Waals surface area contributed by atoms with Crippen LogP contribution in [-0.4, -0.2) is 44.3 Å². The third-order valence-electron chi connectivity index (χ3n) is 3.67. The van der Waals surface area contributed by atoms with Crippen LogP contribution >= 0.6 is 0 Å². The summed E-state index contributed by atoms with van der Waals surface area (Å²) in [4.78, 5) is 14.1. The Morgan fingerprint density at radius 3 is 2.95 bits per heavy atom. The maximum Gasteiger partial charge on any atom is 0.411 e. The molecule has 1 heterocycles. The molecule has 1 aliphatic rings. The van der Waals surface area contributed by atoms with Gasteiger partial charge in [-0.3, -0.25) is 5.32 Å². The van der Waals surface area contributed by atoms with Crippen molar-refractivity contribution in [2.45, 2.75) is 25.3 Å². The Kier molecular flexibility index (Phi) is 5.24. The van der Waals surface area contributed by atoms with Crippen LogP contribution in [0.15, 0.2) is 24.3 Å². The van der Waals surface area contributed by atoms with E-state index in [1.54, 1.807) is 19.2 Å². The first-order valence-corrected chi connectivity index (χ1v) is 6.97. The molecule has 20 heavy (non-hydrogen) atoms. The highest BCUT2D eigenvalue weighted by Crippen LogP contribution is 2.23. The quantitative estimate of drug-likeness (QED) is 0.920. The van der Waals surface area contributed by atoms with Crippen molar-refractivity contribution in [3.8, 4) is 5.75 Å². The van der Waals surface area contributed by atoms with Crippen molar-refractivity contribution in [3.05, 3.63) is 24.3 Å². The zero-order chi connectivity index (χ0) is 14.4. The number of amides is 1. The van der Waals surface area contributed by atoms with Crippen LogP contribution in [0.2, 0.25) is 0 Å². The number of likely N-dealkylation sites (N-methyl/N-ethyl adjacent to an activating group) is 1. The van der Waals surface area contributed by atoms with Gasteiger partial charge < -0.3 is 14.4 Å². The number of hydrogen-bond donors (Lipinski definition) is 1. The van der Waals surface area contributed by atoms with Crippen LogP contribution in [0.1, 0.15) is 19.3 Å². The molecule has 1 saturated heterocycles. The van der Waals surface area contributed by atoms with E-state index in [0.717, 1.165) is 13.0 Å². The van der Waals surface area contributed by atoms with Crippen molar-refractivity contribution in [1.82, 2.24) is 4.90 Å². The lowest BCUT2D eigenvalue weighted by molar-refractivity contribution is 0.0907. The number of benzene rings is 1. The van der Waals surface area contributed by atoms with E-state index in [1.165, 1.54) is 12.8 Å². The molecule has 0 aromatic heterocycles. The minimum absolute atomic E-state index is 0.326. The van der Waals surface area contributed by atoms with Gasteiger partial charge in [0.2, 0.25) is 0 Å². The Bertz CT molecular complexity index is 450. The van der Waals surface area contributed by atoms with Crippen molar-refractivity contribution >= 4 is 11.8 Å². The number of hydrogen-bond acceptors (Lipinski definition) is 4. The summed E-state index contributed by atoms with van der Waals surface area (Å²) in [6.45, 7) is 1.50. The van der Waals surface area contributed by atoms with E-state index in [0.29, 0.717) is 24.1 Å². The average molecular weight is 278 g/mol. The number of carbonyl (C=O) groups excluding carboxylic acids is 1. The fraction of sp³-hybridized carbons (Fsp3) is 0.533. The number of methoxy groups -OCH3 is 1. The molecule has 0 saturated carbocycles. The number of carbonyl (C=O) groups is 1. The lowest BCUT2D eigenvalue weighted by Gasteiger charge is -2.31. The van der Waals surface area contributed by atoms with E-state index in [4.69, 9.17) is 9.47 Å². The van der Waals surface area contributed by atoms with Crippen LogP contribution in [0.4, 0.5) is 10.5 Å². The van der Waals surface area contributed by atoms with E-state index in [-0.39, 0.29) is 0 Å². The second kappa shape index (κ2) is 7.14.